The fraction of sp³-hybridized carbons (Fsp3) is 0.643. The molecule has 6 nitrogen and oxygen atoms in total. The Morgan fingerprint density at radius 1 is 0.276 bits per heavy atom. The Bertz CT molecular complexity index is 1630. The predicted octanol–water partition coefficient (Wildman–Crippen LogP) is 21.4. The minimum atomic E-state index is -0.798. The van der Waals surface area contributed by atoms with E-state index in [-0.39, 0.29) is 31.1 Å². The molecule has 0 N–H and O–H groups in total. The standard InChI is InChI=1S/C70H114O6/c1-4-7-10-13-16-19-22-25-27-29-31-32-33-34-35-36-37-38-40-41-43-45-48-51-54-57-60-63-69(72)75-66-67(65-74-68(71)62-59-56-53-50-47-24-21-18-15-12-9-6-3)76-70(73)64-61-58-55-52-49-46-44-42-39-30-28-26-23-20-17-14-11-8-5-2/h7-8,10-11,16-17,19-20,25-28,31-32,34-35,37-39,41-43,67H,4-6,9,12-15,18,21-24,29-30,33,36,40,44-66H2,1-3H3/b10-7-,11-8-,19-16-,20-17-,27-25-,28-26-,32-31-,35-34-,38-37-,42-39-,43-41-. The summed E-state index contributed by atoms with van der Waals surface area (Å²) >= 11 is 0. The monoisotopic (exact) mass is 1050 g/mol. The van der Waals surface area contributed by atoms with E-state index in [2.05, 4.69) is 154 Å². The molecular formula is C70H114O6. The summed E-state index contributed by atoms with van der Waals surface area (Å²) in [4.78, 5) is 38.3. The number of esters is 3. The molecule has 0 saturated carbocycles. The zero-order valence-corrected chi connectivity index (χ0v) is 49.2. The maximum Gasteiger partial charge on any atom is 0.306 e. The first-order chi connectivity index (χ1) is 37.5. The minimum absolute atomic E-state index is 0.0920. The molecule has 0 aromatic heterocycles. The molecule has 0 aliphatic rings. The zero-order chi connectivity index (χ0) is 55.0. The highest BCUT2D eigenvalue weighted by molar-refractivity contribution is 5.71. The lowest BCUT2D eigenvalue weighted by atomic mass is 10.0. The Balaban J connectivity index is 4.40. The van der Waals surface area contributed by atoms with E-state index in [0.717, 1.165) is 161 Å². The van der Waals surface area contributed by atoms with Gasteiger partial charge in [0.05, 0.1) is 0 Å². The third-order valence-electron chi connectivity index (χ3n) is 12.9. The molecule has 1 unspecified atom stereocenters. The van der Waals surface area contributed by atoms with E-state index in [0.29, 0.717) is 19.3 Å². The number of rotatable bonds is 55. The number of carbonyl (C=O) groups is 3. The molecule has 1 atom stereocenters. The number of carbonyl (C=O) groups excluding carboxylic acids is 3. The van der Waals surface area contributed by atoms with Crippen LogP contribution in [0.3, 0.4) is 0 Å². The third kappa shape index (κ3) is 60.4. The second-order valence-electron chi connectivity index (χ2n) is 20.2. The van der Waals surface area contributed by atoms with Crippen LogP contribution in [0.5, 0.6) is 0 Å². The van der Waals surface area contributed by atoms with E-state index in [4.69, 9.17) is 14.2 Å². The smallest absolute Gasteiger partial charge is 0.306 e. The van der Waals surface area contributed by atoms with Crippen molar-refractivity contribution in [3.63, 3.8) is 0 Å². The van der Waals surface area contributed by atoms with E-state index in [9.17, 15) is 14.4 Å². The van der Waals surface area contributed by atoms with Gasteiger partial charge in [0.2, 0.25) is 0 Å². The fourth-order valence-electron chi connectivity index (χ4n) is 8.30. The van der Waals surface area contributed by atoms with Gasteiger partial charge in [-0.05, 0) is 116 Å². The van der Waals surface area contributed by atoms with Gasteiger partial charge in [-0.2, -0.15) is 0 Å². The van der Waals surface area contributed by atoms with Crippen molar-refractivity contribution in [3.8, 4) is 0 Å². The molecule has 0 heterocycles. The van der Waals surface area contributed by atoms with Crippen LogP contribution in [0, 0.1) is 0 Å². The van der Waals surface area contributed by atoms with Crippen LogP contribution in [-0.4, -0.2) is 37.2 Å². The zero-order valence-electron chi connectivity index (χ0n) is 49.2. The van der Waals surface area contributed by atoms with Crippen LogP contribution in [0.4, 0.5) is 0 Å². The summed E-state index contributed by atoms with van der Waals surface area (Å²) in [5.74, 6) is -0.925. The molecule has 0 saturated heterocycles. The Morgan fingerprint density at radius 2 is 0.513 bits per heavy atom. The van der Waals surface area contributed by atoms with Crippen LogP contribution in [0.1, 0.15) is 271 Å². The highest BCUT2D eigenvalue weighted by Gasteiger charge is 2.19. The Kier molecular flexibility index (Phi) is 59.4. The summed E-state index contributed by atoms with van der Waals surface area (Å²) in [6.07, 6.45) is 88.7. The molecule has 0 aliphatic heterocycles. The topological polar surface area (TPSA) is 78.9 Å². The number of hydrogen-bond acceptors (Lipinski definition) is 6. The Hall–Kier alpha value is -4.45. The van der Waals surface area contributed by atoms with Gasteiger partial charge in [0.25, 0.3) is 0 Å². The van der Waals surface area contributed by atoms with Crippen molar-refractivity contribution in [2.75, 3.05) is 13.2 Å². The van der Waals surface area contributed by atoms with Gasteiger partial charge in [0.1, 0.15) is 13.2 Å². The Morgan fingerprint density at radius 3 is 0.803 bits per heavy atom. The second kappa shape index (κ2) is 63.1. The minimum Gasteiger partial charge on any atom is -0.462 e. The largest absolute Gasteiger partial charge is 0.462 e. The summed E-state index contributed by atoms with van der Waals surface area (Å²) in [6, 6.07) is 0. The van der Waals surface area contributed by atoms with Crippen LogP contribution in [0.2, 0.25) is 0 Å². The van der Waals surface area contributed by atoms with Gasteiger partial charge in [-0.3, -0.25) is 14.4 Å². The van der Waals surface area contributed by atoms with Crippen LogP contribution >= 0.6 is 0 Å². The van der Waals surface area contributed by atoms with E-state index < -0.39 is 6.10 Å². The van der Waals surface area contributed by atoms with Crippen molar-refractivity contribution in [2.45, 2.75) is 277 Å². The quantitative estimate of drug-likeness (QED) is 0.0261. The van der Waals surface area contributed by atoms with Crippen LogP contribution in [-0.2, 0) is 28.6 Å². The van der Waals surface area contributed by atoms with Gasteiger partial charge in [-0.15, -0.1) is 0 Å². The van der Waals surface area contributed by atoms with E-state index in [1.807, 2.05) is 0 Å². The van der Waals surface area contributed by atoms with Crippen molar-refractivity contribution < 1.29 is 28.6 Å². The van der Waals surface area contributed by atoms with Crippen molar-refractivity contribution >= 4 is 17.9 Å². The molecule has 0 spiro atoms. The van der Waals surface area contributed by atoms with Gasteiger partial charge in [0, 0.05) is 19.3 Å². The lowest BCUT2D eigenvalue weighted by Crippen LogP contribution is -2.30. The van der Waals surface area contributed by atoms with Crippen LogP contribution in [0.15, 0.2) is 134 Å². The van der Waals surface area contributed by atoms with Crippen LogP contribution in [0.25, 0.3) is 0 Å². The molecule has 0 aliphatic carbocycles. The molecule has 0 amide bonds. The Labute approximate surface area is 468 Å². The summed E-state index contributed by atoms with van der Waals surface area (Å²) in [5, 5.41) is 0. The van der Waals surface area contributed by atoms with Gasteiger partial charge >= 0.3 is 17.9 Å². The molecule has 0 radical (unpaired) electrons. The molecule has 0 bridgehead atoms. The van der Waals surface area contributed by atoms with E-state index in [1.165, 1.54) is 70.6 Å². The van der Waals surface area contributed by atoms with Gasteiger partial charge in [-0.1, -0.05) is 270 Å². The summed E-state index contributed by atoms with van der Waals surface area (Å²) < 4.78 is 16.9. The van der Waals surface area contributed by atoms with Gasteiger partial charge in [-0.25, -0.2) is 0 Å². The summed E-state index contributed by atoms with van der Waals surface area (Å²) in [5.41, 5.74) is 0. The number of hydrogen-bond donors (Lipinski definition) is 0. The van der Waals surface area contributed by atoms with E-state index in [1.54, 1.807) is 0 Å². The fourth-order valence-corrected chi connectivity index (χ4v) is 8.30. The molecular weight excluding hydrogens is 937 g/mol. The van der Waals surface area contributed by atoms with Crippen molar-refractivity contribution in [1.29, 1.82) is 0 Å². The number of unbranched alkanes of at least 4 members (excludes halogenated alkanes) is 22. The molecule has 76 heavy (non-hydrogen) atoms. The molecule has 0 aromatic carbocycles. The average molecular weight is 1050 g/mol. The number of ether oxygens (including phenoxy) is 3. The van der Waals surface area contributed by atoms with Crippen molar-refractivity contribution in [2.24, 2.45) is 0 Å². The maximum atomic E-state index is 12.9. The predicted molar refractivity (Wildman–Crippen MR) is 329 cm³/mol. The maximum absolute atomic E-state index is 12.9. The third-order valence-corrected chi connectivity index (χ3v) is 12.9. The molecule has 0 aromatic rings. The van der Waals surface area contributed by atoms with Gasteiger partial charge in [0.15, 0.2) is 6.10 Å². The van der Waals surface area contributed by atoms with Crippen LogP contribution < -0.4 is 0 Å². The molecule has 0 fully saturated rings. The van der Waals surface area contributed by atoms with Crippen molar-refractivity contribution in [1.82, 2.24) is 0 Å². The lowest BCUT2D eigenvalue weighted by Gasteiger charge is -2.18. The highest BCUT2D eigenvalue weighted by atomic mass is 16.6. The first kappa shape index (κ1) is 71.5. The highest BCUT2D eigenvalue weighted by Crippen LogP contribution is 2.15. The molecule has 6 heteroatoms. The average Bonchev–Trinajstić information content (AvgIpc) is 3.42. The molecule has 430 valence electrons. The first-order valence-corrected chi connectivity index (χ1v) is 31.2. The molecule has 0 rings (SSSR count). The lowest BCUT2D eigenvalue weighted by molar-refractivity contribution is -0.167. The SMILES string of the molecule is CC/C=C\C/C=C\C/C=C\C/C=C\C/C=C\C/C=C\C/C=C\CCCCCCCC(=O)OCC(COC(=O)CCCCCCCCCCCCCC)OC(=O)CCCCCCCC/C=C\C/C=C\C/C=C\C/C=C\CC. The normalized spacial score (nSPS) is 13.0. The van der Waals surface area contributed by atoms with Crippen molar-refractivity contribution in [3.05, 3.63) is 134 Å². The summed E-state index contributed by atoms with van der Waals surface area (Å²) in [6.45, 7) is 6.39. The number of allylic oxidation sites excluding steroid dienone is 22. The van der Waals surface area contributed by atoms with E-state index >= 15 is 0 Å². The van der Waals surface area contributed by atoms with Gasteiger partial charge < -0.3 is 14.2 Å². The first-order valence-electron chi connectivity index (χ1n) is 31.2. The second-order valence-corrected chi connectivity index (χ2v) is 20.2. The summed E-state index contributed by atoms with van der Waals surface area (Å²) in [7, 11) is 0.